The second kappa shape index (κ2) is 8.10. The van der Waals surface area contributed by atoms with Crippen molar-refractivity contribution < 1.29 is 19.4 Å². The Hall–Kier alpha value is -1.10. The van der Waals surface area contributed by atoms with Gasteiger partial charge in [0.2, 0.25) is 5.91 Å². The van der Waals surface area contributed by atoms with Crippen molar-refractivity contribution in [3.8, 4) is 0 Å². The molecule has 0 aliphatic rings. The molecule has 0 aromatic heterocycles. The number of nitrogens with one attached hydrogen (secondary N) is 1. The number of hydrogen-bond acceptors (Lipinski definition) is 3. The molecule has 0 fully saturated rings. The molecule has 94 valence electrons. The topological polar surface area (TPSA) is 75.6 Å². The van der Waals surface area contributed by atoms with E-state index in [1.165, 1.54) is 7.11 Å². The molecule has 0 bridgehead atoms. The summed E-state index contributed by atoms with van der Waals surface area (Å²) in [6, 6.07) is -0.952. The number of carbonyl (C=O) groups is 2. The van der Waals surface area contributed by atoms with Crippen LogP contribution in [-0.4, -0.2) is 36.7 Å². The van der Waals surface area contributed by atoms with Crippen LogP contribution in [0.4, 0.5) is 0 Å². The number of aliphatic carboxylic acids is 1. The average molecular weight is 231 g/mol. The van der Waals surface area contributed by atoms with E-state index in [4.69, 9.17) is 9.84 Å². The maximum atomic E-state index is 11.5. The summed E-state index contributed by atoms with van der Waals surface area (Å²) in [5.41, 5.74) is 0. The highest BCUT2D eigenvalue weighted by Gasteiger charge is 2.20. The third-order valence-corrected chi connectivity index (χ3v) is 2.60. The van der Waals surface area contributed by atoms with E-state index in [2.05, 4.69) is 5.32 Å². The summed E-state index contributed by atoms with van der Waals surface area (Å²) in [5.74, 6) is -0.977. The Labute approximate surface area is 96.2 Å². The molecule has 0 spiro atoms. The predicted molar refractivity (Wildman–Crippen MR) is 60.1 cm³/mol. The SMILES string of the molecule is CCC(CC)CC(=O)NC(COC)C(=O)O. The third kappa shape index (κ3) is 5.70. The van der Waals surface area contributed by atoms with Crippen LogP contribution in [0, 0.1) is 5.92 Å². The molecule has 0 saturated heterocycles. The van der Waals surface area contributed by atoms with E-state index < -0.39 is 12.0 Å². The molecule has 0 rings (SSSR count). The highest BCUT2D eigenvalue weighted by Crippen LogP contribution is 2.11. The van der Waals surface area contributed by atoms with Crippen LogP contribution >= 0.6 is 0 Å². The van der Waals surface area contributed by atoms with Crippen LogP contribution < -0.4 is 5.32 Å². The lowest BCUT2D eigenvalue weighted by Gasteiger charge is -2.16. The van der Waals surface area contributed by atoms with E-state index >= 15 is 0 Å². The van der Waals surface area contributed by atoms with Gasteiger partial charge in [0.05, 0.1) is 6.61 Å². The van der Waals surface area contributed by atoms with E-state index in [9.17, 15) is 9.59 Å². The molecule has 1 amide bonds. The minimum atomic E-state index is -1.07. The summed E-state index contributed by atoms with van der Waals surface area (Å²) in [6.45, 7) is 4.03. The quantitative estimate of drug-likeness (QED) is 0.654. The van der Waals surface area contributed by atoms with Gasteiger partial charge in [0.15, 0.2) is 6.04 Å². The predicted octanol–water partition coefficient (Wildman–Crippen LogP) is 1.03. The number of hydrogen-bond donors (Lipinski definition) is 2. The smallest absolute Gasteiger partial charge is 0.328 e. The zero-order valence-corrected chi connectivity index (χ0v) is 10.2. The van der Waals surface area contributed by atoms with Gasteiger partial charge in [0, 0.05) is 13.5 Å². The van der Waals surface area contributed by atoms with Crippen molar-refractivity contribution in [3.05, 3.63) is 0 Å². The number of rotatable bonds is 8. The van der Waals surface area contributed by atoms with Gasteiger partial charge in [0.25, 0.3) is 0 Å². The Morgan fingerprint density at radius 2 is 1.88 bits per heavy atom. The van der Waals surface area contributed by atoms with Crippen LogP contribution in [0.1, 0.15) is 33.1 Å². The van der Waals surface area contributed by atoms with Crippen molar-refractivity contribution in [2.75, 3.05) is 13.7 Å². The van der Waals surface area contributed by atoms with Crippen LogP contribution in [-0.2, 0) is 14.3 Å². The first-order valence-corrected chi connectivity index (χ1v) is 5.56. The number of carbonyl (C=O) groups excluding carboxylic acids is 1. The van der Waals surface area contributed by atoms with Gasteiger partial charge >= 0.3 is 5.97 Å². The number of ether oxygens (including phenoxy) is 1. The van der Waals surface area contributed by atoms with Gasteiger partial charge in [-0.2, -0.15) is 0 Å². The fourth-order valence-corrected chi connectivity index (χ4v) is 1.43. The van der Waals surface area contributed by atoms with Gasteiger partial charge in [-0.05, 0) is 5.92 Å². The minimum Gasteiger partial charge on any atom is -0.480 e. The Bertz CT molecular complexity index is 226. The lowest BCUT2D eigenvalue weighted by atomic mass is 9.99. The first kappa shape index (κ1) is 14.9. The van der Waals surface area contributed by atoms with E-state index in [0.29, 0.717) is 12.3 Å². The van der Waals surface area contributed by atoms with Gasteiger partial charge in [-0.25, -0.2) is 4.79 Å². The van der Waals surface area contributed by atoms with Crippen molar-refractivity contribution in [3.63, 3.8) is 0 Å². The van der Waals surface area contributed by atoms with Gasteiger partial charge < -0.3 is 15.2 Å². The van der Waals surface area contributed by atoms with E-state index in [1.54, 1.807) is 0 Å². The summed E-state index contributed by atoms with van der Waals surface area (Å²) in [7, 11) is 1.41. The zero-order chi connectivity index (χ0) is 12.6. The summed E-state index contributed by atoms with van der Waals surface area (Å²) in [6.07, 6.45) is 2.22. The zero-order valence-electron chi connectivity index (χ0n) is 10.2. The maximum absolute atomic E-state index is 11.5. The lowest BCUT2D eigenvalue weighted by molar-refractivity contribution is -0.143. The molecule has 2 N–H and O–H groups in total. The van der Waals surface area contributed by atoms with Crippen LogP contribution in [0.25, 0.3) is 0 Å². The summed E-state index contributed by atoms with van der Waals surface area (Å²) in [4.78, 5) is 22.3. The molecule has 5 nitrogen and oxygen atoms in total. The van der Waals surface area contributed by atoms with Crippen molar-refractivity contribution in [1.29, 1.82) is 0 Å². The molecule has 0 aromatic carbocycles. The molecule has 0 heterocycles. The molecule has 1 atom stereocenters. The molecule has 5 heteroatoms. The summed E-state index contributed by atoms with van der Waals surface area (Å²) in [5, 5.41) is 11.3. The number of carboxylic acids is 1. The van der Waals surface area contributed by atoms with E-state index in [1.807, 2.05) is 13.8 Å². The lowest BCUT2D eigenvalue weighted by Crippen LogP contribution is -2.44. The molecule has 0 saturated carbocycles. The van der Waals surface area contributed by atoms with E-state index in [0.717, 1.165) is 12.8 Å². The molecular weight excluding hydrogens is 210 g/mol. The van der Waals surface area contributed by atoms with Gasteiger partial charge in [-0.1, -0.05) is 26.7 Å². The molecule has 0 aromatic rings. The van der Waals surface area contributed by atoms with Crippen molar-refractivity contribution in [1.82, 2.24) is 5.32 Å². The normalized spacial score (nSPS) is 12.5. The Kier molecular flexibility index (Phi) is 7.54. The van der Waals surface area contributed by atoms with E-state index in [-0.39, 0.29) is 12.5 Å². The molecule has 1 unspecified atom stereocenters. The molecule has 0 aliphatic heterocycles. The number of carboxylic acid groups (broad SMARTS) is 1. The number of amides is 1. The largest absolute Gasteiger partial charge is 0.480 e. The van der Waals surface area contributed by atoms with Gasteiger partial charge in [0.1, 0.15) is 0 Å². The second-order valence-corrected chi connectivity index (χ2v) is 3.80. The first-order chi connectivity index (χ1) is 7.54. The number of methoxy groups -OCH3 is 1. The summed E-state index contributed by atoms with van der Waals surface area (Å²) < 4.78 is 4.73. The standard InChI is InChI=1S/C11H21NO4/c1-4-8(5-2)6-10(13)12-9(7-16-3)11(14)15/h8-9H,4-7H2,1-3H3,(H,12,13)(H,14,15). The molecule has 0 aliphatic carbocycles. The van der Waals surface area contributed by atoms with Crippen LogP contribution in [0.15, 0.2) is 0 Å². The van der Waals surface area contributed by atoms with Crippen LogP contribution in [0.5, 0.6) is 0 Å². The van der Waals surface area contributed by atoms with Gasteiger partial charge in [-0.3, -0.25) is 4.79 Å². The molecular formula is C11H21NO4. The Morgan fingerprint density at radius 1 is 1.31 bits per heavy atom. The average Bonchev–Trinajstić information content (AvgIpc) is 2.25. The van der Waals surface area contributed by atoms with Crippen LogP contribution in [0.2, 0.25) is 0 Å². The highest BCUT2D eigenvalue weighted by molar-refractivity contribution is 5.83. The highest BCUT2D eigenvalue weighted by atomic mass is 16.5. The minimum absolute atomic E-state index is 0.00993. The van der Waals surface area contributed by atoms with Crippen molar-refractivity contribution in [2.45, 2.75) is 39.2 Å². The van der Waals surface area contributed by atoms with Crippen molar-refractivity contribution >= 4 is 11.9 Å². The van der Waals surface area contributed by atoms with Crippen LogP contribution in [0.3, 0.4) is 0 Å². The van der Waals surface area contributed by atoms with Gasteiger partial charge in [-0.15, -0.1) is 0 Å². The summed E-state index contributed by atoms with van der Waals surface area (Å²) >= 11 is 0. The monoisotopic (exact) mass is 231 g/mol. The molecule has 16 heavy (non-hydrogen) atoms. The Balaban J connectivity index is 4.13. The maximum Gasteiger partial charge on any atom is 0.328 e. The fourth-order valence-electron chi connectivity index (χ4n) is 1.43. The fraction of sp³-hybridized carbons (Fsp3) is 0.818. The third-order valence-electron chi connectivity index (χ3n) is 2.60. The first-order valence-electron chi connectivity index (χ1n) is 5.56. The Morgan fingerprint density at radius 3 is 2.25 bits per heavy atom. The molecule has 0 radical (unpaired) electrons. The second-order valence-electron chi connectivity index (χ2n) is 3.80. The van der Waals surface area contributed by atoms with Crippen molar-refractivity contribution in [2.24, 2.45) is 5.92 Å².